The van der Waals surface area contributed by atoms with Crippen LogP contribution in [0.4, 0.5) is 5.82 Å². The van der Waals surface area contributed by atoms with Gasteiger partial charge in [-0.1, -0.05) is 18.0 Å². The zero-order chi connectivity index (χ0) is 10.7. The van der Waals surface area contributed by atoms with Crippen molar-refractivity contribution in [1.29, 1.82) is 0 Å². The van der Waals surface area contributed by atoms with Crippen molar-refractivity contribution >= 4 is 17.4 Å². The molecular weight excluding hydrogens is 210 g/mol. The van der Waals surface area contributed by atoms with E-state index in [1.54, 1.807) is 12.4 Å². The molecule has 1 aliphatic carbocycles. The third-order valence-corrected chi connectivity index (χ3v) is 3.29. The van der Waals surface area contributed by atoms with Crippen LogP contribution in [0.5, 0.6) is 0 Å². The van der Waals surface area contributed by atoms with E-state index in [-0.39, 0.29) is 0 Å². The molecule has 4 heteroatoms. The molecule has 1 aromatic rings. The molecule has 1 aliphatic rings. The summed E-state index contributed by atoms with van der Waals surface area (Å²) in [5.74, 6) is 1.65. The highest BCUT2D eigenvalue weighted by atomic mass is 35.5. The Balaban J connectivity index is 2.07. The summed E-state index contributed by atoms with van der Waals surface area (Å²) >= 11 is 6.03. The highest BCUT2D eigenvalue weighted by Gasteiger charge is 2.21. The van der Waals surface area contributed by atoms with E-state index < -0.39 is 0 Å². The topological polar surface area (TPSA) is 29.0 Å². The SMILES string of the molecule is CCN(CC1CCC1)c1nccnc1Cl. The lowest BCUT2D eigenvalue weighted by atomic mass is 9.85. The van der Waals surface area contributed by atoms with Gasteiger partial charge in [0, 0.05) is 25.5 Å². The maximum atomic E-state index is 6.03. The van der Waals surface area contributed by atoms with Gasteiger partial charge in [0.1, 0.15) is 0 Å². The van der Waals surface area contributed by atoms with Gasteiger partial charge in [-0.15, -0.1) is 0 Å². The molecule has 3 nitrogen and oxygen atoms in total. The summed E-state index contributed by atoms with van der Waals surface area (Å²) in [6.45, 7) is 4.13. The lowest BCUT2D eigenvalue weighted by Gasteiger charge is -2.32. The average molecular weight is 226 g/mol. The van der Waals surface area contributed by atoms with Gasteiger partial charge in [0.2, 0.25) is 0 Å². The standard InChI is InChI=1S/C11H16ClN3/c1-2-15(8-9-4-3-5-9)11-10(12)13-6-7-14-11/h6-7,9H,2-5,8H2,1H3. The van der Waals surface area contributed by atoms with Gasteiger partial charge in [0.05, 0.1) is 0 Å². The van der Waals surface area contributed by atoms with E-state index in [1.807, 2.05) is 0 Å². The quantitative estimate of drug-likeness (QED) is 0.789. The van der Waals surface area contributed by atoms with Crippen LogP contribution in [-0.2, 0) is 0 Å². The fourth-order valence-corrected chi connectivity index (χ4v) is 2.10. The monoisotopic (exact) mass is 225 g/mol. The Bertz CT molecular complexity index is 325. The van der Waals surface area contributed by atoms with Gasteiger partial charge in [-0.3, -0.25) is 0 Å². The molecule has 0 saturated heterocycles. The van der Waals surface area contributed by atoms with Gasteiger partial charge in [-0.05, 0) is 25.7 Å². The summed E-state index contributed by atoms with van der Waals surface area (Å²) in [6.07, 6.45) is 7.38. The van der Waals surface area contributed by atoms with Crippen LogP contribution in [0.15, 0.2) is 12.4 Å². The van der Waals surface area contributed by atoms with E-state index in [9.17, 15) is 0 Å². The number of anilines is 1. The van der Waals surface area contributed by atoms with E-state index in [0.29, 0.717) is 5.15 Å². The summed E-state index contributed by atoms with van der Waals surface area (Å²) in [7, 11) is 0. The molecule has 82 valence electrons. The second-order valence-corrected chi connectivity index (χ2v) is 4.36. The molecule has 1 saturated carbocycles. The van der Waals surface area contributed by atoms with Crippen molar-refractivity contribution in [2.45, 2.75) is 26.2 Å². The molecule has 1 heterocycles. The molecule has 0 unspecified atom stereocenters. The Labute approximate surface area is 95.5 Å². The van der Waals surface area contributed by atoms with Crippen LogP contribution in [0.3, 0.4) is 0 Å². The van der Waals surface area contributed by atoms with Crippen molar-refractivity contribution in [1.82, 2.24) is 9.97 Å². The molecule has 0 aliphatic heterocycles. The molecule has 1 aromatic heterocycles. The lowest BCUT2D eigenvalue weighted by molar-refractivity contribution is 0.318. The largest absolute Gasteiger partial charge is 0.354 e. The van der Waals surface area contributed by atoms with Gasteiger partial charge < -0.3 is 4.90 Å². The highest BCUT2D eigenvalue weighted by molar-refractivity contribution is 6.31. The minimum Gasteiger partial charge on any atom is -0.354 e. The minimum absolute atomic E-state index is 0.513. The van der Waals surface area contributed by atoms with E-state index in [0.717, 1.165) is 24.8 Å². The second-order valence-electron chi connectivity index (χ2n) is 4.01. The number of nitrogens with zero attached hydrogens (tertiary/aromatic N) is 3. The van der Waals surface area contributed by atoms with Gasteiger partial charge in [-0.25, -0.2) is 9.97 Å². The van der Waals surface area contributed by atoms with Crippen LogP contribution in [0.2, 0.25) is 5.15 Å². The molecule has 0 amide bonds. The number of rotatable bonds is 4. The van der Waals surface area contributed by atoms with Gasteiger partial charge in [0.15, 0.2) is 11.0 Å². The molecule has 1 fully saturated rings. The van der Waals surface area contributed by atoms with E-state index in [4.69, 9.17) is 11.6 Å². The number of halogens is 1. The van der Waals surface area contributed by atoms with Crippen LogP contribution in [0, 0.1) is 5.92 Å². The molecule has 0 aromatic carbocycles. The zero-order valence-corrected chi connectivity index (χ0v) is 9.74. The molecular formula is C11H16ClN3. The fourth-order valence-electron chi connectivity index (χ4n) is 1.88. The van der Waals surface area contributed by atoms with E-state index in [1.165, 1.54) is 19.3 Å². The van der Waals surface area contributed by atoms with Crippen molar-refractivity contribution in [3.8, 4) is 0 Å². The Morgan fingerprint density at radius 3 is 2.67 bits per heavy atom. The Morgan fingerprint density at radius 1 is 1.40 bits per heavy atom. The smallest absolute Gasteiger partial charge is 0.171 e. The number of hydrogen-bond acceptors (Lipinski definition) is 3. The number of hydrogen-bond donors (Lipinski definition) is 0. The van der Waals surface area contributed by atoms with Crippen LogP contribution in [0.1, 0.15) is 26.2 Å². The fraction of sp³-hybridized carbons (Fsp3) is 0.636. The first kappa shape index (κ1) is 10.7. The maximum absolute atomic E-state index is 6.03. The van der Waals surface area contributed by atoms with Gasteiger partial charge in [0.25, 0.3) is 0 Å². The zero-order valence-electron chi connectivity index (χ0n) is 8.99. The van der Waals surface area contributed by atoms with Crippen molar-refractivity contribution < 1.29 is 0 Å². The Hall–Kier alpha value is -0.830. The highest BCUT2D eigenvalue weighted by Crippen LogP contribution is 2.29. The molecule has 0 bridgehead atoms. The van der Waals surface area contributed by atoms with Crippen LogP contribution in [0.25, 0.3) is 0 Å². The third-order valence-electron chi connectivity index (χ3n) is 3.02. The molecule has 2 rings (SSSR count). The summed E-state index contributed by atoms with van der Waals surface area (Å²) < 4.78 is 0. The third kappa shape index (κ3) is 2.40. The molecule has 0 N–H and O–H groups in total. The van der Waals surface area contributed by atoms with Crippen LogP contribution in [-0.4, -0.2) is 23.1 Å². The van der Waals surface area contributed by atoms with Crippen LogP contribution < -0.4 is 4.90 Å². The van der Waals surface area contributed by atoms with Crippen LogP contribution >= 0.6 is 11.6 Å². The number of aromatic nitrogens is 2. The molecule has 0 atom stereocenters. The van der Waals surface area contributed by atoms with E-state index in [2.05, 4.69) is 21.8 Å². The predicted molar refractivity (Wildman–Crippen MR) is 62.3 cm³/mol. The van der Waals surface area contributed by atoms with Gasteiger partial charge >= 0.3 is 0 Å². The summed E-state index contributed by atoms with van der Waals surface area (Å²) in [4.78, 5) is 10.6. The van der Waals surface area contributed by atoms with E-state index >= 15 is 0 Å². The minimum atomic E-state index is 0.513. The first-order valence-electron chi connectivity index (χ1n) is 5.52. The summed E-state index contributed by atoms with van der Waals surface area (Å²) in [6, 6.07) is 0. The average Bonchev–Trinajstić information content (AvgIpc) is 2.19. The van der Waals surface area contributed by atoms with Crippen molar-refractivity contribution in [2.24, 2.45) is 5.92 Å². The normalized spacial score (nSPS) is 16.1. The maximum Gasteiger partial charge on any atom is 0.171 e. The first-order chi connectivity index (χ1) is 7.31. The Morgan fingerprint density at radius 2 is 2.13 bits per heavy atom. The van der Waals surface area contributed by atoms with Crippen molar-refractivity contribution in [2.75, 3.05) is 18.0 Å². The predicted octanol–water partition coefficient (Wildman–Crippen LogP) is 2.76. The molecule has 0 spiro atoms. The molecule has 0 radical (unpaired) electrons. The lowest BCUT2D eigenvalue weighted by Crippen LogP contribution is -2.33. The molecule has 15 heavy (non-hydrogen) atoms. The first-order valence-corrected chi connectivity index (χ1v) is 5.90. The second kappa shape index (κ2) is 4.79. The van der Waals surface area contributed by atoms with Crippen molar-refractivity contribution in [3.05, 3.63) is 17.5 Å². The van der Waals surface area contributed by atoms with Crippen molar-refractivity contribution in [3.63, 3.8) is 0 Å². The summed E-state index contributed by atoms with van der Waals surface area (Å²) in [5, 5.41) is 0.513. The summed E-state index contributed by atoms with van der Waals surface area (Å²) in [5.41, 5.74) is 0. The van der Waals surface area contributed by atoms with Gasteiger partial charge in [-0.2, -0.15) is 0 Å². The Kier molecular flexibility index (Phi) is 3.41.